The minimum Gasteiger partial charge on any atom is -0.389 e. The standard InChI is InChI=1S/C16H24N2OS/c1-3-9-19-14-5-4-8-18(11-14)13-6-7-15(16(17)20)12(2)10-13/h6-7,10,14H,3-5,8-9,11H2,1-2H3,(H2,17,20). The number of ether oxygens (including phenoxy) is 1. The van der Waals surface area contributed by atoms with Crippen LogP contribution in [0.3, 0.4) is 0 Å². The summed E-state index contributed by atoms with van der Waals surface area (Å²) in [5, 5.41) is 0. The van der Waals surface area contributed by atoms with Crippen molar-refractivity contribution < 1.29 is 4.74 Å². The molecule has 3 nitrogen and oxygen atoms in total. The molecule has 20 heavy (non-hydrogen) atoms. The molecule has 0 aliphatic carbocycles. The minimum atomic E-state index is 0.360. The molecule has 4 heteroatoms. The number of benzene rings is 1. The van der Waals surface area contributed by atoms with Gasteiger partial charge in [0.15, 0.2) is 0 Å². The predicted octanol–water partition coefficient (Wildman–Crippen LogP) is 3.02. The molecule has 0 bridgehead atoms. The summed E-state index contributed by atoms with van der Waals surface area (Å²) in [5.74, 6) is 0. The molecule has 0 aromatic heterocycles. The molecule has 1 atom stereocenters. The lowest BCUT2D eigenvalue weighted by Crippen LogP contribution is -2.39. The second kappa shape index (κ2) is 7.04. The Morgan fingerprint density at radius 2 is 2.30 bits per heavy atom. The first-order valence-electron chi connectivity index (χ1n) is 7.38. The maximum absolute atomic E-state index is 5.89. The van der Waals surface area contributed by atoms with Crippen LogP contribution in [0.4, 0.5) is 5.69 Å². The number of piperidine rings is 1. The summed E-state index contributed by atoms with van der Waals surface area (Å²) < 4.78 is 5.89. The number of aryl methyl sites for hydroxylation is 1. The predicted molar refractivity (Wildman–Crippen MR) is 88.5 cm³/mol. The van der Waals surface area contributed by atoms with Gasteiger partial charge in [-0.2, -0.15) is 0 Å². The molecule has 1 saturated heterocycles. The van der Waals surface area contributed by atoms with Gasteiger partial charge in [0.25, 0.3) is 0 Å². The van der Waals surface area contributed by atoms with E-state index in [2.05, 4.69) is 30.9 Å². The third-order valence-corrected chi connectivity index (χ3v) is 4.00. The molecular formula is C16H24N2OS. The summed E-state index contributed by atoms with van der Waals surface area (Å²) in [7, 11) is 0. The van der Waals surface area contributed by atoms with Crippen molar-refractivity contribution in [2.45, 2.75) is 39.2 Å². The lowest BCUT2D eigenvalue weighted by Gasteiger charge is -2.34. The van der Waals surface area contributed by atoms with Gasteiger partial charge < -0.3 is 15.4 Å². The summed E-state index contributed by atoms with van der Waals surface area (Å²) in [4.78, 5) is 2.87. The maximum atomic E-state index is 5.89. The van der Waals surface area contributed by atoms with Gasteiger partial charge in [0.2, 0.25) is 0 Å². The molecule has 0 spiro atoms. The average Bonchev–Trinajstić information content (AvgIpc) is 2.45. The Balaban J connectivity index is 2.07. The van der Waals surface area contributed by atoms with Crippen LogP contribution in [0.15, 0.2) is 18.2 Å². The molecule has 1 unspecified atom stereocenters. The Morgan fingerprint density at radius 3 is 2.95 bits per heavy atom. The fourth-order valence-electron chi connectivity index (χ4n) is 2.71. The molecule has 1 heterocycles. The van der Waals surface area contributed by atoms with Crippen molar-refractivity contribution in [1.82, 2.24) is 0 Å². The van der Waals surface area contributed by atoms with Crippen LogP contribution in [0.25, 0.3) is 0 Å². The van der Waals surface area contributed by atoms with E-state index in [-0.39, 0.29) is 0 Å². The molecule has 1 aliphatic heterocycles. The highest BCUT2D eigenvalue weighted by atomic mass is 32.1. The minimum absolute atomic E-state index is 0.360. The van der Waals surface area contributed by atoms with Crippen molar-refractivity contribution in [1.29, 1.82) is 0 Å². The van der Waals surface area contributed by atoms with Gasteiger partial charge in [-0.15, -0.1) is 0 Å². The van der Waals surface area contributed by atoms with Crippen LogP contribution in [-0.4, -0.2) is 30.8 Å². The Hall–Kier alpha value is -1.13. The second-order valence-corrected chi connectivity index (χ2v) is 5.88. The fourth-order valence-corrected chi connectivity index (χ4v) is 2.94. The highest BCUT2D eigenvalue weighted by molar-refractivity contribution is 7.80. The molecule has 1 aromatic rings. The second-order valence-electron chi connectivity index (χ2n) is 5.44. The topological polar surface area (TPSA) is 38.5 Å². The number of hydrogen-bond acceptors (Lipinski definition) is 3. The molecule has 2 N–H and O–H groups in total. The van der Waals surface area contributed by atoms with Crippen molar-refractivity contribution in [2.24, 2.45) is 5.73 Å². The normalized spacial score (nSPS) is 19.1. The number of rotatable bonds is 5. The number of nitrogens with zero attached hydrogens (tertiary/aromatic N) is 1. The van der Waals surface area contributed by atoms with E-state index in [4.69, 9.17) is 22.7 Å². The van der Waals surface area contributed by atoms with E-state index in [1.165, 1.54) is 18.5 Å². The molecule has 1 aromatic carbocycles. The Labute approximate surface area is 127 Å². The van der Waals surface area contributed by atoms with Crippen LogP contribution in [0.1, 0.15) is 37.3 Å². The largest absolute Gasteiger partial charge is 0.389 e. The third-order valence-electron chi connectivity index (χ3n) is 3.78. The van der Waals surface area contributed by atoms with Crippen molar-refractivity contribution >= 4 is 22.9 Å². The molecule has 0 radical (unpaired) electrons. The van der Waals surface area contributed by atoms with Crippen molar-refractivity contribution in [3.05, 3.63) is 29.3 Å². The van der Waals surface area contributed by atoms with Gasteiger partial charge in [0.05, 0.1) is 6.10 Å². The first-order valence-corrected chi connectivity index (χ1v) is 7.79. The van der Waals surface area contributed by atoms with Gasteiger partial charge in [-0.1, -0.05) is 19.1 Å². The van der Waals surface area contributed by atoms with Crippen molar-refractivity contribution in [3.8, 4) is 0 Å². The van der Waals surface area contributed by atoms with Gasteiger partial charge in [0, 0.05) is 30.9 Å². The van der Waals surface area contributed by atoms with Gasteiger partial charge in [-0.25, -0.2) is 0 Å². The summed E-state index contributed by atoms with van der Waals surface area (Å²) in [5.41, 5.74) is 9.08. The zero-order valence-electron chi connectivity index (χ0n) is 12.4. The zero-order chi connectivity index (χ0) is 14.5. The van der Waals surface area contributed by atoms with Crippen LogP contribution < -0.4 is 10.6 Å². The molecular weight excluding hydrogens is 268 g/mol. The Kier molecular flexibility index (Phi) is 5.38. The lowest BCUT2D eigenvalue weighted by molar-refractivity contribution is 0.0440. The molecule has 1 aliphatic rings. The summed E-state index contributed by atoms with van der Waals surface area (Å²) in [6, 6.07) is 6.32. The highest BCUT2D eigenvalue weighted by Gasteiger charge is 2.20. The van der Waals surface area contributed by atoms with E-state index in [1.807, 2.05) is 6.07 Å². The van der Waals surface area contributed by atoms with Gasteiger partial charge in [0.1, 0.15) is 4.99 Å². The number of thiocarbonyl (C=S) groups is 1. The van der Waals surface area contributed by atoms with Gasteiger partial charge >= 0.3 is 0 Å². The SMILES string of the molecule is CCCOC1CCCN(c2ccc(C(N)=S)c(C)c2)C1. The number of anilines is 1. The zero-order valence-corrected chi connectivity index (χ0v) is 13.2. The molecule has 110 valence electrons. The first kappa shape index (κ1) is 15.3. The maximum Gasteiger partial charge on any atom is 0.104 e. The smallest absolute Gasteiger partial charge is 0.104 e. The third kappa shape index (κ3) is 3.70. The summed E-state index contributed by atoms with van der Waals surface area (Å²) >= 11 is 5.06. The van der Waals surface area contributed by atoms with Crippen LogP contribution in [-0.2, 0) is 4.74 Å². The average molecular weight is 292 g/mol. The quantitative estimate of drug-likeness (QED) is 0.847. The summed E-state index contributed by atoms with van der Waals surface area (Å²) in [6.45, 7) is 7.15. The molecule has 0 amide bonds. The first-order chi connectivity index (χ1) is 9.61. The van der Waals surface area contributed by atoms with Crippen LogP contribution >= 0.6 is 12.2 Å². The molecule has 1 fully saturated rings. The van der Waals surface area contributed by atoms with Crippen LogP contribution in [0.2, 0.25) is 0 Å². The molecule has 0 saturated carbocycles. The Bertz CT molecular complexity index is 476. The highest BCUT2D eigenvalue weighted by Crippen LogP contribution is 2.24. The monoisotopic (exact) mass is 292 g/mol. The van der Waals surface area contributed by atoms with E-state index in [9.17, 15) is 0 Å². The van der Waals surface area contributed by atoms with Crippen LogP contribution in [0, 0.1) is 6.92 Å². The Morgan fingerprint density at radius 1 is 1.50 bits per heavy atom. The lowest BCUT2D eigenvalue weighted by atomic mass is 10.0. The number of hydrogen-bond donors (Lipinski definition) is 1. The van der Waals surface area contributed by atoms with E-state index >= 15 is 0 Å². The van der Waals surface area contributed by atoms with Gasteiger partial charge in [-0.05, 0) is 49.9 Å². The number of nitrogens with two attached hydrogens (primary N) is 1. The van der Waals surface area contributed by atoms with Crippen molar-refractivity contribution in [2.75, 3.05) is 24.6 Å². The van der Waals surface area contributed by atoms with E-state index in [0.29, 0.717) is 11.1 Å². The fraction of sp³-hybridized carbons (Fsp3) is 0.562. The van der Waals surface area contributed by atoms with Crippen molar-refractivity contribution in [3.63, 3.8) is 0 Å². The molecule has 2 rings (SSSR count). The van der Waals surface area contributed by atoms with E-state index in [0.717, 1.165) is 37.2 Å². The van der Waals surface area contributed by atoms with E-state index in [1.54, 1.807) is 0 Å². The van der Waals surface area contributed by atoms with Gasteiger partial charge in [-0.3, -0.25) is 0 Å². The van der Waals surface area contributed by atoms with E-state index < -0.39 is 0 Å². The summed E-state index contributed by atoms with van der Waals surface area (Å²) in [6.07, 6.45) is 3.79. The van der Waals surface area contributed by atoms with Crippen LogP contribution in [0.5, 0.6) is 0 Å².